The quantitative estimate of drug-likeness (QED) is 0.0229. The summed E-state index contributed by atoms with van der Waals surface area (Å²) >= 11 is 0. The van der Waals surface area contributed by atoms with Gasteiger partial charge in [-0.25, -0.2) is 14.7 Å². The number of benzene rings is 2. The summed E-state index contributed by atoms with van der Waals surface area (Å²) in [7, 11) is 1.44. The molecule has 350 valence electrons. The van der Waals surface area contributed by atoms with E-state index < -0.39 is 95.5 Å². The summed E-state index contributed by atoms with van der Waals surface area (Å²) in [6, 6.07) is 7.49. The fourth-order valence-electron chi connectivity index (χ4n) is 8.59. The van der Waals surface area contributed by atoms with Gasteiger partial charge < -0.3 is 63.4 Å². The predicted octanol–water partition coefficient (Wildman–Crippen LogP) is -1.72. The highest BCUT2D eigenvalue weighted by Gasteiger charge is 2.52. The highest BCUT2D eigenvalue weighted by Crippen LogP contribution is 2.26. The number of guanidine groups is 1. The van der Waals surface area contributed by atoms with Gasteiger partial charge in [-0.15, -0.1) is 0 Å². The minimum atomic E-state index is -1.90. The van der Waals surface area contributed by atoms with Crippen molar-refractivity contribution in [3.8, 4) is 0 Å². The standard InChI is InChI=1S/C44H56N14O8/c1-48-36-40(64)56-32(18-26-21-51-30-12-6-5-11-29(26)30)38(62)55-31(37(45)61)13-7-8-15-53-44(36,14-16-50-42(46)47)35(60)20-33-41(65)58(43(66)57-33)34(19-27-22-49-24-52-27)39(63)54-28(23-59)17-25-9-3-2-4-10-25/h2-6,9-12,21-24,28,31-34,36,48,51,53H,7-8,13-20H2,1H3,(H2,45,61)(H,49,52)(H,54,63)(H,55,62)(H,56,64)(H,57,66)(H4,46,47,50)/t28-,31+,32+,33+,34+,36-,44?/m1/s1. The molecule has 1 unspecified atom stereocenters. The molecule has 2 aromatic heterocycles. The Bertz CT molecular complexity index is 2410. The van der Waals surface area contributed by atoms with Crippen LogP contribution in [0.4, 0.5) is 4.79 Å². The minimum absolute atomic E-state index is 0.0324. The Labute approximate surface area is 379 Å². The number of nitrogens with two attached hydrogens (primary N) is 2. The fraction of sp³-hybridized carbons (Fsp3) is 0.409. The summed E-state index contributed by atoms with van der Waals surface area (Å²) in [5.41, 5.74) is 12.1. The normalized spacial score (nSPS) is 22.7. The van der Waals surface area contributed by atoms with Gasteiger partial charge in [-0.2, -0.15) is 0 Å². The van der Waals surface area contributed by atoms with Crippen LogP contribution in [0.15, 0.2) is 73.3 Å². The summed E-state index contributed by atoms with van der Waals surface area (Å²) in [6.45, 7) is -0.0349. The van der Waals surface area contributed by atoms with Crippen molar-refractivity contribution >= 4 is 64.5 Å². The number of aromatic amines is 2. The number of nitrogens with one attached hydrogen (secondary N) is 10. The van der Waals surface area contributed by atoms with Crippen LogP contribution in [0.5, 0.6) is 0 Å². The van der Waals surface area contributed by atoms with E-state index in [0.717, 1.165) is 16.5 Å². The number of fused-ring (bicyclic) bond motifs is 1. The maximum absolute atomic E-state index is 15.1. The van der Waals surface area contributed by atoms with Gasteiger partial charge in [0.2, 0.25) is 23.6 Å². The van der Waals surface area contributed by atoms with Crippen molar-refractivity contribution in [1.82, 2.24) is 57.1 Å². The Morgan fingerprint density at radius 3 is 2.41 bits per heavy atom. The highest BCUT2D eigenvalue weighted by atomic mass is 16.2. The molecule has 7 amide bonds. The lowest BCUT2D eigenvalue weighted by molar-refractivity contribution is -0.139. The SMILES string of the molecule is CN[C@@H]1C(=O)N[C@@H](Cc2c[nH]c3ccccc23)C(=O)N[C@H](C(N)=O)CCCCNC1(CCNC(=N)N)C(=O)C[C@@H]1NC(=O)N([C@@H](Cc2cnc[nH]2)C(=O)N[C@@H](C=O)Cc2ccccc2)C1=O. The molecule has 0 spiro atoms. The van der Waals surface area contributed by atoms with Crippen molar-refractivity contribution in [3.05, 3.63) is 90.1 Å². The van der Waals surface area contributed by atoms with E-state index in [1.54, 1.807) is 36.5 Å². The molecule has 66 heavy (non-hydrogen) atoms. The number of carbonyl (C=O) groups excluding carboxylic acids is 8. The van der Waals surface area contributed by atoms with Gasteiger partial charge in [0.1, 0.15) is 42.0 Å². The molecule has 2 aliphatic heterocycles. The van der Waals surface area contributed by atoms with Crippen LogP contribution in [-0.4, -0.2) is 135 Å². The van der Waals surface area contributed by atoms with Crippen LogP contribution in [0.2, 0.25) is 0 Å². The number of aldehydes is 1. The smallest absolute Gasteiger partial charge is 0.325 e. The number of imide groups is 1. The van der Waals surface area contributed by atoms with Crippen LogP contribution in [0.1, 0.15) is 48.9 Å². The van der Waals surface area contributed by atoms with Crippen molar-refractivity contribution in [3.63, 3.8) is 0 Å². The average molecular weight is 909 g/mol. The molecule has 4 aromatic rings. The first-order valence-electron chi connectivity index (χ1n) is 21.6. The Kier molecular flexibility index (Phi) is 16.0. The van der Waals surface area contributed by atoms with E-state index >= 15 is 4.79 Å². The van der Waals surface area contributed by atoms with Crippen LogP contribution >= 0.6 is 0 Å². The van der Waals surface area contributed by atoms with E-state index in [1.807, 2.05) is 24.3 Å². The number of primary amides is 1. The predicted molar refractivity (Wildman–Crippen MR) is 240 cm³/mol. The Morgan fingerprint density at radius 2 is 1.71 bits per heavy atom. The summed E-state index contributed by atoms with van der Waals surface area (Å²) in [5, 5.41) is 28.2. The van der Waals surface area contributed by atoms with Gasteiger partial charge in [0.15, 0.2) is 11.7 Å². The number of Topliss-reactive ketones (excluding diaryl/α,β-unsaturated/α-hetero) is 1. The Morgan fingerprint density at radius 1 is 0.955 bits per heavy atom. The maximum Gasteiger partial charge on any atom is 0.325 e. The third-order valence-corrected chi connectivity index (χ3v) is 11.9. The Hall–Kier alpha value is -7.46. The molecule has 22 nitrogen and oxygen atoms in total. The number of imidazole rings is 1. The topological polar surface area (TPSA) is 344 Å². The summed E-state index contributed by atoms with van der Waals surface area (Å²) in [4.78, 5) is 122. The molecule has 7 atom stereocenters. The molecule has 4 heterocycles. The van der Waals surface area contributed by atoms with Crippen LogP contribution in [-0.2, 0) is 52.8 Å². The molecule has 6 rings (SSSR count). The van der Waals surface area contributed by atoms with Gasteiger partial charge in [0.25, 0.3) is 5.91 Å². The monoisotopic (exact) mass is 908 g/mol. The molecular formula is C44H56N14O8. The largest absolute Gasteiger partial charge is 0.370 e. The number of carbonyl (C=O) groups is 8. The van der Waals surface area contributed by atoms with E-state index in [2.05, 4.69) is 52.2 Å². The third kappa shape index (κ3) is 11.4. The molecule has 22 heteroatoms. The molecule has 2 fully saturated rings. The van der Waals surface area contributed by atoms with Gasteiger partial charge in [-0.05, 0) is 62.9 Å². The Balaban J connectivity index is 1.31. The van der Waals surface area contributed by atoms with E-state index in [4.69, 9.17) is 16.9 Å². The third-order valence-electron chi connectivity index (χ3n) is 11.9. The highest BCUT2D eigenvalue weighted by molar-refractivity contribution is 6.10. The maximum atomic E-state index is 15.1. The van der Waals surface area contributed by atoms with Crippen molar-refractivity contribution in [2.75, 3.05) is 20.1 Å². The lowest BCUT2D eigenvalue weighted by Gasteiger charge is -2.40. The van der Waals surface area contributed by atoms with Crippen molar-refractivity contribution in [1.29, 1.82) is 5.41 Å². The zero-order valence-electron chi connectivity index (χ0n) is 36.4. The molecule has 2 aliphatic rings. The molecule has 0 saturated carbocycles. The number of aromatic nitrogens is 3. The van der Waals surface area contributed by atoms with Crippen molar-refractivity contribution in [2.24, 2.45) is 11.5 Å². The minimum Gasteiger partial charge on any atom is -0.370 e. The number of likely N-dealkylation sites (N-methyl/N-ethyl adjacent to an activating group) is 1. The van der Waals surface area contributed by atoms with Crippen LogP contribution < -0.4 is 48.7 Å². The summed E-state index contributed by atoms with van der Waals surface area (Å²) in [6.07, 6.45) is 4.88. The van der Waals surface area contributed by atoms with Crippen LogP contribution in [0.3, 0.4) is 0 Å². The average Bonchev–Trinajstić information content (AvgIpc) is 4.03. The second-order valence-electron chi connectivity index (χ2n) is 16.4. The number of amides is 7. The zero-order valence-corrected chi connectivity index (χ0v) is 36.4. The fourth-order valence-corrected chi connectivity index (χ4v) is 8.59. The van der Waals surface area contributed by atoms with Gasteiger partial charge >= 0.3 is 6.03 Å². The zero-order chi connectivity index (χ0) is 47.4. The molecule has 0 aliphatic carbocycles. The van der Waals surface area contributed by atoms with Gasteiger partial charge in [-0.1, -0.05) is 48.5 Å². The van der Waals surface area contributed by atoms with Gasteiger partial charge in [0.05, 0.1) is 12.4 Å². The van der Waals surface area contributed by atoms with E-state index in [1.165, 1.54) is 19.6 Å². The first kappa shape index (κ1) is 48.0. The van der Waals surface area contributed by atoms with Crippen LogP contribution in [0.25, 0.3) is 10.9 Å². The number of rotatable bonds is 18. The van der Waals surface area contributed by atoms with Gasteiger partial charge in [0, 0.05) is 54.8 Å². The lowest BCUT2D eigenvalue weighted by atomic mass is 9.78. The molecular weight excluding hydrogens is 853 g/mol. The molecule has 0 radical (unpaired) electrons. The van der Waals surface area contributed by atoms with E-state index in [-0.39, 0.29) is 45.2 Å². The van der Waals surface area contributed by atoms with E-state index in [0.29, 0.717) is 35.3 Å². The number of nitrogens with zero attached hydrogens (tertiary/aromatic N) is 2. The number of hydrogen-bond acceptors (Lipinski definition) is 12. The first-order valence-corrected chi connectivity index (χ1v) is 21.6. The van der Waals surface area contributed by atoms with Crippen molar-refractivity contribution < 1.29 is 38.4 Å². The molecule has 2 saturated heterocycles. The first-order chi connectivity index (χ1) is 31.7. The molecule has 14 N–H and O–H groups in total. The number of urea groups is 1. The number of para-hydroxylation sites is 1. The number of H-pyrrole nitrogens is 2. The van der Waals surface area contributed by atoms with Crippen LogP contribution in [0, 0.1) is 5.41 Å². The lowest BCUT2D eigenvalue weighted by Crippen LogP contribution is -2.71. The summed E-state index contributed by atoms with van der Waals surface area (Å²) in [5.74, 6) is -5.14. The second kappa shape index (κ2) is 22.0. The number of hydrogen-bond donors (Lipinski definition) is 12. The second-order valence-corrected chi connectivity index (χ2v) is 16.4. The molecule has 2 aromatic carbocycles. The summed E-state index contributed by atoms with van der Waals surface area (Å²) < 4.78 is 0. The van der Waals surface area contributed by atoms with E-state index in [9.17, 15) is 33.6 Å². The van der Waals surface area contributed by atoms with Gasteiger partial charge in [-0.3, -0.25) is 34.2 Å². The van der Waals surface area contributed by atoms with Crippen molar-refractivity contribution in [2.45, 2.75) is 93.2 Å². The molecule has 0 bridgehead atoms. The number of ketones is 1.